The first-order chi connectivity index (χ1) is 29.9. The van der Waals surface area contributed by atoms with E-state index in [4.69, 9.17) is 23.7 Å². The van der Waals surface area contributed by atoms with Gasteiger partial charge in [0.15, 0.2) is 6.29 Å². The highest BCUT2D eigenvalue weighted by molar-refractivity contribution is 5.73. The first kappa shape index (κ1) is 52.9. The summed E-state index contributed by atoms with van der Waals surface area (Å²) in [7, 11) is 1.64. The van der Waals surface area contributed by atoms with Gasteiger partial charge in [-0.05, 0) is 42.0 Å². The molecule has 1 aliphatic heterocycles. The summed E-state index contributed by atoms with van der Waals surface area (Å²) in [6.45, 7) is 7.39. The molecule has 0 aromatic heterocycles. The smallest absolute Gasteiger partial charge is 0.217 e. The fourth-order valence-corrected chi connectivity index (χ4v) is 8.66. The van der Waals surface area contributed by atoms with Crippen LogP contribution in [0.15, 0.2) is 54.6 Å². The molecule has 1 amide bonds. The lowest BCUT2D eigenvalue weighted by Crippen LogP contribution is -2.65. The molecule has 61 heavy (non-hydrogen) atoms. The van der Waals surface area contributed by atoms with E-state index in [1.54, 1.807) is 7.11 Å². The number of amides is 1. The van der Waals surface area contributed by atoms with E-state index in [9.17, 15) is 9.90 Å². The van der Waals surface area contributed by atoms with Gasteiger partial charge in [0.25, 0.3) is 0 Å². The van der Waals surface area contributed by atoms with Crippen molar-refractivity contribution in [3.8, 4) is 5.75 Å². The first-order valence-electron chi connectivity index (χ1n) is 25.0. The van der Waals surface area contributed by atoms with E-state index < -0.39 is 30.6 Å². The summed E-state index contributed by atoms with van der Waals surface area (Å²) in [6, 6.07) is 17.0. The molecular formula is C53H89NO7. The molecule has 0 radical (unpaired) electrons. The van der Waals surface area contributed by atoms with Crippen molar-refractivity contribution in [1.29, 1.82) is 0 Å². The molecule has 1 aliphatic rings. The number of unbranched alkanes of at least 4 members (excludes halogenated alkanes) is 22. The van der Waals surface area contributed by atoms with E-state index in [0.717, 1.165) is 29.7 Å². The Kier molecular flexibility index (Phi) is 30.3. The van der Waals surface area contributed by atoms with E-state index in [-0.39, 0.29) is 19.1 Å². The van der Waals surface area contributed by atoms with Crippen molar-refractivity contribution in [1.82, 2.24) is 5.32 Å². The number of methoxy groups -OCH3 is 1. The topological polar surface area (TPSA) is 95.5 Å². The SMILES string of the molecule is CCCCCCCCCCCCCCC(CCCCCCCCCCCCCC)CO[C@@H]1O[C@H](COCc2ccccc2)[C@@H](O)[C@H](OCc2ccc(OC)cc2)[C@H]1NC(C)=O. The molecule has 8 heteroatoms. The molecule has 2 aromatic rings. The lowest BCUT2D eigenvalue weighted by atomic mass is 9.94. The standard InChI is InChI=1S/C53H89NO7/c1-5-7-9-11-13-15-17-19-21-23-25-28-34-46(35-29-26-24-22-20-18-16-14-12-10-8-6-2)42-60-53-50(54-44(3)55)52(59-41-47-36-38-48(57-4)39-37-47)51(56)49(61-53)43-58-40-45-32-30-27-31-33-45/h27,30-33,36-39,46,49-53,56H,5-26,28-29,34-35,40-43H2,1-4H3,(H,54,55)/t49-,50-,51-,52-,53-/m1/s1. The predicted octanol–water partition coefficient (Wildman–Crippen LogP) is 13.2. The molecule has 3 rings (SSSR count). The second-order valence-electron chi connectivity index (χ2n) is 17.9. The van der Waals surface area contributed by atoms with Crippen molar-refractivity contribution in [2.45, 2.75) is 232 Å². The van der Waals surface area contributed by atoms with Gasteiger partial charge in [0.2, 0.25) is 5.91 Å². The summed E-state index contributed by atoms with van der Waals surface area (Å²) >= 11 is 0. The van der Waals surface area contributed by atoms with Crippen molar-refractivity contribution in [3.63, 3.8) is 0 Å². The molecule has 2 N–H and O–H groups in total. The van der Waals surface area contributed by atoms with Gasteiger partial charge < -0.3 is 34.1 Å². The number of carbonyl (C=O) groups excluding carboxylic acids is 1. The lowest BCUT2D eigenvalue weighted by Gasteiger charge is -2.44. The highest BCUT2D eigenvalue weighted by atomic mass is 16.7. The average Bonchev–Trinajstić information content (AvgIpc) is 3.27. The number of nitrogens with one attached hydrogen (secondary N) is 1. The summed E-state index contributed by atoms with van der Waals surface area (Å²) < 4.78 is 31.2. The lowest BCUT2D eigenvalue weighted by molar-refractivity contribution is -0.283. The summed E-state index contributed by atoms with van der Waals surface area (Å²) in [6.07, 6.45) is 31.1. The molecule has 0 bridgehead atoms. The number of ether oxygens (including phenoxy) is 5. The molecule has 0 unspecified atom stereocenters. The van der Waals surface area contributed by atoms with Gasteiger partial charge in [-0.25, -0.2) is 0 Å². The quantitative estimate of drug-likeness (QED) is 0.0650. The molecular weight excluding hydrogens is 763 g/mol. The molecule has 8 nitrogen and oxygen atoms in total. The van der Waals surface area contributed by atoms with Crippen molar-refractivity contribution < 1.29 is 33.6 Å². The molecule has 1 heterocycles. The van der Waals surface area contributed by atoms with Crippen LogP contribution in [0.2, 0.25) is 0 Å². The monoisotopic (exact) mass is 852 g/mol. The maximum atomic E-state index is 12.7. The zero-order valence-corrected chi connectivity index (χ0v) is 39.3. The molecule has 5 atom stereocenters. The molecule has 0 spiro atoms. The third kappa shape index (κ3) is 24.2. The minimum Gasteiger partial charge on any atom is -0.497 e. The zero-order valence-electron chi connectivity index (χ0n) is 39.3. The van der Waals surface area contributed by atoms with Gasteiger partial charge in [0.1, 0.15) is 30.1 Å². The van der Waals surface area contributed by atoms with Gasteiger partial charge in [-0.15, -0.1) is 0 Å². The highest BCUT2D eigenvalue weighted by Crippen LogP contribution is 2.29. The van der Waals surface area contributed by atoms with Gasteiger partial charge in [-0.2, -0.15) is 0 Å². The van der Waals surface area contributed by atoms with E-state index in [1.165, 1.54) is 161 Å². The fourth-order valence-electron chi connectivity index (χ4n) is 8.66. The number of hydrogen-bond acceptors (Lipinski definition) is 7. The molecule has 0 aliphatic carbocycles. The predicted molar refractivity (Wildman–Crippen MR) is 251 cm³/mol. The van der Waals surface area contributed by atoms with Crippen LogP contribution in [-0.4, -0.2) is 62.0 Å². The van der Waals surface area contributed by atoms with Crippen LogP contribution in [0.25, 0.3) is 0 Å². The maximum Gasteiger partial charge on any atom is 0.217 e. The Morgan fingerprint density at radius 3 is 1.59 bits per heavy atom. The van der Waals surface area contributed by atoms with Gasteiger partial charge in [0.05, 0.1) is 33.5 Å². The van der Waals surface area contributed by atoms with E-state index in [2.05, 4.69) is 19.2 Å². The normalized spacial score (nSPS) is 19.1. The summed E-state index contributed by atoms with van der Waals surface area (Å²) in [4.78, 5) is 12.7. The zero-order chi connectivity index (χ0) is 43.6. The molecule has 0 saturated carbocycles. The average molecular weight is 852 g/mol. The Morgan fingerprint density at radius 2 is 1.11 bits per heavy atom. The highest BCUT2D eigenvalue weighted by Gasteiger charge is 2.47. The Bertz CT molecular complexity index is 1280. The van der Waals surface area contributed by atoms with Crippen LogP contribution in [0.3, 0.4) is 0 Å². The van der Waals surface area contributed by atoms with Crippen LogP contribution in [-0.2, 0) is 37.0 Å². The Labute approximate surface area is 373 Å². The van der Waals surface area contributed by atoms with Crippen LogP contribution in [0, 0.1) is 5.92 Å². The van der Waals surface area contributed by atoms with Gasteiger partial charge >= 0.3 is 0 Å². The Balaban J connectivity index is 1.61. The first-order valence-corrected chi connectivity index (χ1v) is 25.0. The largest absolute Gasteiger partial charge is 0.497 e. The second kappa shape index (κ2) is 34.9. The Morgan fingerprint density at radius 1 is 0.639 bits per heavy atom. The van der Waals surface area contributed by atoms with Gasteiger partial charge in [-0.3, -0.25) is 4.79 Å². The van der Waals surface area contributed by atoms with Crippen LogP contribution in [0.4, 0.5) is 0 Å². The summed E-state index contributed by atoms with van der Waals surface area (Å²) in [5.41, 5.74) is 1.97. The minimum absolute atomic E-state index is 0.159. The van der Waals surface area contributed by atoms with E-state index in [0.29, 0.717) is 19.1 Å². The number of aliphatic hydroxyl groups is 1. The Hall–Kier alpha value is -2.49. The van der Waals surface area contributed by atoms with Crippen molar-refractivity contribution in [2.75, 3.05) is 20.3 Å². The van der Waals surface area contributed by atoms with Crippen molar-refractivity contribution in [2.24, 2.45) is 5.92 Å². The van der Waals surface area contributed by atoms with Crippen molar-refractivity contribution >= 4 is 5.91 Å². The minimum atomic E-state index is -1.05. The molecule has 1 fully saturated rings. The van der Waals surface area contributed by atoms with Crippen LogP contribution in [0.5, 0.6) is 5.75 Å². The van der Waals surface area contributed by atoms with Gasteiger partial charge in [0, 0.05) is 6.92 Å². The van der Waals surface area contributed by atoms with Gasteiger partial charge in [-0.1, -0.05) is 210 Å². The van der Waals surface area contributed by atoms with Crippen molar-refractivity contribution in [3.05, 3.63) is 65.7 Å². The maximum absolute atomic E-state index is 12.7. The van der Waals surface area contributed by atoms with E-state index in [1.807, 2.05) is 54.6 Å². The molecule has 2 aromatic carbocycles. The third-order valence-corrected chi connectivity index (χ3v) is 12.5. The summed E-state index contributed by atoms with van der Waals surface area (Å²) in [5.74, 6) is 0.929. The van der Waals surface area contributed by atoms with Crippen LogP contribution in [0.1, 0.15) is 199 Å². The number of hydrogen-bond donors (Lipinski definition) is 2. The number of aliphatic hydroxyl groups excluding tert-OH is 1. The van der Waals surface area contributed by atoms with E-state index >= 15 is 0 Å². The van der Waals surface area contributed by atoms with Crippen LogP contribution >= 0.6 is 0 Å². The number of benzene rings is 2. The third-order valence-electron chi connectivity index (χ3n) is 12.5. The second-order valence-corrected chi connectivity index (χ2v) is 17.9. The fraction of sp³-hybridized carbons (Fsp3) is 0.755. The summed E-state index contributed by atoms with van der Waals surface area (Å²) in [5, 5.41) is 14.8. The number of carbonyl (C=O) groups is 1. The molecule has 348 valence electrons. The number of rotatable bonds is 38. The van der Waals surface area contributed by atoms with Crippen LogP contribution < -0.4 is 10.1 Å². The molecule has 1 saturated heterocycles.